The molecule has 2 nitrogen and oxygen atoms in total. The quantitative estimate of drug-likeness (QED) is 0.172. The lowest BCUT2D eigenvalue weighted by molar-refractivity contribution is 0.660. The topological polar surface area (TPSA) is 6.48 Å². The summed E-state index contributed by atoms with van der Waals surface area (Å²) in [6.45, 7) is 4.71. The van der Waals surface area contributed by atoms with Crippen LogP contribution in [-0.4, -0.2) is 0 Å². The molecule has 0 N–H and O–H groups in total. The molecule has 0 amide bonds. The van der Waals surface area contributed by atoms with Crippen LogP contribution in [0.1, 0.15) is 47.2 Å². The molecule has 0 unspecified atom stereocenters. The van der Waals surface area contributed by atoms with Crippen LogP contribution in [0.5, 0.6) is 0 Å². The van der Waals surface area contributed by atoms with Gasteiger partial charge in [-0.2, -0.15) is 0 Å². The highest BCUT2D eigenvalue weighted by Gasteiger charge is 2.52. The maximum atomic E-state index is 2.46. The fourth-order valence-corrected chi connectivity index (χ4v) is 10.9. The summed E-state index contributed by atoms with van der Waals surface area (Å²) in [4.78, 5) is 4.90. The minimum atomic E-state index is -0.534. The number of nitrogens with zero attached hydrogens (tertiary/aromatic N) is 2. The molecule has 12 rings (SSSR count). The van der Waals surface area contributed by atoms with E-state index in [1.807, 2.05) is 0 Å². The van der Waals surface area contributed by atoms with Gasteiger partial charge in [0.1, 0.15) is 0 Å². The Morgan fingerprint density at radius 1 is 0.367 bits per heavy atom. The van der Waals surface area contributed by atoms with Crippen molar-refractivity contribution in [3.8, 4) is 33.4 Å². The second-order valence-corrected chi connectivity index (χ2v) is 16.8. The van der Waals surface area contributed by atoms with Crippen LogP contribution in [0.2, 0.25) is 0 Å². The molecule has 9 aromatic carbocycles. The molecule has 0 bridgehead atoms. The van der Waals surface area contributed by atoms with Crippen LogP contribution >= 0.6 is 0 Å². The van der Waals surface area contributed by atoms with Crippen LogP contribution in [0.3, 0.4) is 0 Å². The Hall–Kier alpha value is -7.42. The van der Waals surface area contributed by atoms with Crippen molar-refractivity contribution < 1.29 is 0 Å². The molecule has 3 aliphatic rings. The molecule has 0 aromatic heterocycles. The van der Waals surface area contributed by atoms with Gasteiger partial charge in [0, 0.05) is 28.0 Å². The molecule has 2 aliphatic carbocycles. The molecule has 0 saturated carbocycles. The second kappa shape index (κ2) is 13.0. The third-order valence-corrected chi connectivity index (χ3v) is 13.5. The monoisotopic (exact) mass is 766 g/mol. The van der Waals surface area contributed by atoms with Gasteiger partial charge in [0.05, 0.1) is 22.5 Å². The third-order valence-electron chi connectivity index (χ3n) is 13.5. The zero-order chi connectivity index (χ0) is 40.0. The molecule has 0 atom stereocenters. The lowest BCUT2D eigenvalue weighted by Crippen LogP contribution is -2.36. The van der Waals surface area contributed by atoms with E-state index in [1.165, 1.54) is 78.1 Å². The van der Waals surface area contributed by atoms with Gasteiger partial charge >= 0.3 is 0 Å². The van der Waals surface area contributed by atoms with Crippen molar-refractivity contribution in [3.63, 3.8) is 0 Å². The van der Waals surface area contributed by atoms with Crippen molar-refractivity contribution in [2.75, 3.05) is 9.80 Å². The highest BCUT2D eigenvalue weighted by Crippen LogP contribution is 2.65. The minimum Gasteiger partial charge on any atom is -0.310 e. The number of hydrogen-bond donors (Lipinski definition) is 0. The lowest BCUT2D eigenvalue weighted by atomic mass is 9.64. The van der Waals surface area contributed by atoms with Gasteiger partial charge in [-0.15, -0.1) is 0 Å². The van der Waals surface area contributed by atoms with Crippen molar-refractivity contribution in [1.29, 1.82) is 0 Å². The largest absolute Gasteiger partial charge is 0.310 e. The van der Waals surface area contributed by atoms with Crippen molar-refractivity contribution in [1.82, 2.24) is 0 Å². The number of rotatable bonds is 5. The lowest BCUT2D eigenvalue weighted by Gasteiger charge is -2.45. The Kier molecular flexibility index (Phi) is 7.52. The molecule has 0 fully saturated rings. The van der Waals surface area contributed by atoms with E-state index in [9.17, 15) is 0 Å². The molecule has 1 aliphatic heterocycles. The summed E-state index contributed by atoms with van der Waals surface area (Å²) >= 11 is 0. The summed E-state index contributed by atoms with van der Waals surface area (Å²) in [6.07, 6.45) is 0. The van der Waals surface area contributed by atoms with Gasteiger partial charge in [0.15, 0.2) is 0 Å². The SMILES string of the molecule is CC1(C)c2ccccc2-c2ccc(-c3ccc(N(c4ccccc4)c4cccc5c4-c4ccccc4C54c5ccccc5N(c5ccccc5)c5ccccc54)cc3)cc21. The second-order valence-electron chi connectivity index (χ2n) is 16.8. The third kappa shape index (κ3) is 4.76. The van der Waals surface area contributed by atoms with Crippen molar-refractivity contribution in [2.24, 2.45) is 0 Å². The first-order valence-electron chi connectivity index (χ1n) is 21.0. The predicted octanol–water partition coefficient (Wildman–Crippen LogP) is 15.3. The molecule has 9 aromatic rings. The van der Waals surface area contributed by atoms with E-state index in [1.54, 1.807) is 0 Å². The predicted molar refractivity (Wildman–Crippen MR) is 250 cm³/mol. The normalized spacial score (nSPS) is 14.4. The number of anilines is 6. The van der Waals surface area contributed by atoms with Gasteiger partial charge in [-0.25, -0.2) is 0 Å². The molecule has 2 heteroatoms. The van der Waals surface area contributed by atoms with E-state index >= 15 is 0 Å². The van der Waals surface area contributed by atoms with Gasteiger partial charge in [0.25, 0.3) is 0 Å². The average molecular weight is 767 g/mol. The maximum Gasteiger partial charge on any atom is 0.0755 e. The Morgan fingerprint density at radius 2 is 0.883 bits per heavy atom. The summed E-state index contributed by atoms with van der Waals surface area (Å²) in [5.74, 6) is 0. The fraction of sp³-hybridized carbons (Fsp3) is 0.0690. The molecule has 1 heterocycles. The van der Waals surface area contributed by atoms with Crippen LogP contribution < -0.4 is 9.80 Å². The van der Waals surface area contributed by atoms with Crippen molar-refractivity contribution in [3.05, 3.63) is 252 Å². The summed E-state index contributed by atoms with van der Waals surface area (Å²) < 4.78 is 0. The molecule has 0 saturated heterocycles. The molecule has 60 heavy (non-hydrogen) atoms. The summed E-state index contributed by atoms with van der Waals surface area (Å²) in [5.41, 5.74) is 22.0. The summed E-state index contributed by atoms with van der Waals surface area (Å²) in [6, 6.07) is 80.9. The highest BCUT2D eigenvalue weighted by atomic mass is 15.2. The zero-order valence-electron chi connectivity index (χ0n) is 33.7. The summed E-state index contributed by atoms with van der Waals surface area (Å²) in [5, 5.41) is 0. The van der Waals surface area contributed by atoms with E-state index in [-0.39, 0.29) is 5.41 Å². The molecule has 284 valence electrons. The Balaban J connectivity index is 1.04. The zero-order valence-corrected chi connectivity index (χ0v) is 33.7. The van der Waals surface area contributed by atoms with Crippen molar-refractivity contribution >= 4 is 34.1 Å². The minimum absolute atomic E-state index is 0.0491. The number of hydrogen-bond acceptors (Lipinski definition) is 2. The van der Waals surface area contributed by atoms with Gasteiger partial charge in [-0.3, -0.25) is 0 Å². The Labute approximate surface area is 352 Å². The summed E-state index contributed by atoms with van der Waals surface area (Å²) in [7, 11) is 0. The van der Waals surface area contributed by atoms with E-state index < -0.39 is 5.41 Å². The highest BCUT2D eigenvalue weighted by molar-refractivity contribution is 6.01. The van der Waals surface area contributed by atoms with E-state index in [4.69, 9.17) is 0 Å². The first kappa shape index (κ1) is 34.6. The first-order valence-corrected chi connectivity index (χ1v) is 21.0. The number of benzene rings is 9. The van der Waals surface area contributed by atoms with E-state index in [0.29, 0.717) is 0 Å². The van der Waals surface area contributed by atoms with Crippen molar-refractivity contribution in [2.45, 2.75) is 24.7 Å². The average Bonchev–Trinajstić information content (AvgIpc) is 3.73. The van der Waals surface area contributed by atoms with E-state index in [2.05, 4.69) is 242 Å². The van der Waals surface area contributed by atoms with Gasteiger partial charge in [0.2, 0.25) is 0 Å². The van der Waals surface area contributed by atoms with Gasteiger partial charge < -0.3 is 9.80 Å². The smallest absolute Gasteiger partial charge is 0.0755 e. The fourth-order valence-electron chi connectivity index (χ4n) is 10.9. The molecule has 1 spiro atoms. The number of para-hydroxylation sites is 4. The van der Waals surface area contributed by atoms with Crippen LogP contribution in [0.4, 0.5) is 34.1 Å². The first-order chi connectivity index (χ1) is 29.5. The Bertz CT molecular complexity index is 3080. The van der Waals surface area contributed by atoms with E-state index in [0.717, 1.165) is 22.7 Å². The molecule has 0 radical (unpaired) electrons. The Morgan fingerprint density at radius 3 is 1.58 bits per heavy atom. The molecular formula is C58H42N2. The number of fused-ring (bicyclic) bond motifs is 12. The maximum absolute atomic E-state index is 2.46. The van der Waals surface area contributed by atoms with Gasteiger partial charge in [-0.05, 0) is 122 Å². The van der Waals surface area contributed by atoms with Crippen LogP contribution in [0, 0.1) is 0 Å². The van der Waals surface area contributed by atoms with Crippen LogP contribution in [-0.2, 0) is 10.8 Å². The molecular weight excluding hydrogens is 725 g/mol. The van der Waals surface area contributed by atoms with Crippen LogP contribution in [0.25, 0.3) is 33.4 Å². The van der Waals surface area contributed by atoms with Gasteiger partial charge in [-0.1, -0.05) is 172 Å². The standard InChI is InChI=1S/C58H42N2/c1-57(2)47-24-11-9-22-44(47)45-37-34-40(38-52(45)57)39-32-35-43(36-33-39)59(41-18-5-3-6-19-41)55-31-17-28-51-56(55)46-23-10-12-25-48(46)58(51)49-26-13-15-29-53(49)60(42-20-7-4-8-21-42)54-30-16-14-27-50(54)58/h3-38H,1-2H3. The van der Waals surface area contributed by atoms with Crippen LogP contribution in [0.15, 0.2) is 218 Å².